The van der Waals surface area contributed by atoms with E-state index in [1.54, 1.807) is 31.0 Å². The highest BCUT2D eigenvalue weighted by Crippen LogP contribution is 2.26. The first-order chi connectivity index (χ1) is 9.41. The van der Waals surface area contributed by atoms with Crippen molar-refractivity contribution in [3.8, 4) is 5.82 Å². The summed E-state index contributed by atoms with van der Waals surface area (Å²) in [5, 5.41) is 4.67. The van der Waals surface area contributed by atoms with E-state index in [0.717, 1.165) is 5.56 Å². The van der Waals surface area contributed by atoms with E-state index in [1.807, 2.05) is 13.8 Å². The smallest absolute Gasteiger partial charge is 0.273 e. The van der Waals surface area contributed by atoms with E-state index in [0.29, 0.717) is 16.7 Å². The van der Waals surface area contributed by atoms with Crippen LogP contribution in [0.1, 0.15) is 35.8 Å². The van der Waals surface area contributed by atoms with E-state index < -0.39 is 0 Å². The van der Waals surface area contributed by atoms with Gasteiger partial charge in [-0.1, -0.05) is 25.4 Å². The topological polar surface area (TPSA) is 63.9 Å². The lowest BCUT2D eigenvalue weighted by Crippen LogP contribution is -2.22. The zero-order valence-corrected chi connectivity index (χ0v) is 12.6. The number of nitrogens with zero attached hydrogens (tertiary/aromatic N) is 5. The molecule has 0 aliphatic heterocycles. The van der Waals surface area contributed by atoms with E-state index in [1.165, 1.54) is 11.2 Å². The summed E-state index contributed by atoms with van der Waals surface area (Å²) in [6, 6.07) is 1.66. The van der Waals surface area contributed by atoms with Gasteiger partial charge in [0.2, 0.25) is 0 Å². The highest BCUT2D eigenvalue weighted by Gasteiger charge is 2.18. The molecule has 20 heavy (non-hydrogen) atoms. The van der Waals surface area contributed by atoms with Gasteiger partial charge < -0.3 is 4.90 Å². The largest absolute Gasteiger partial charge is 0.343 e. The summed E-state index contributed by atoms with van der Waals surface area (Å²) in [6.07, 6.45) is 3.08. The van der Waals surface area contributed by atoms with E-state index in [2.05, 4.69) is 15.1 Å². The molecule has 2 aromatic rings. The molecule has 1 amide bonds. The van der Waals surface area contributed by atoms with Crippen molar-refractivity contribution in [2.24, 2.45) is 0 Å². The first-order valence-electron chi connectivity index (χ1n) is 6.20. The fourth-order valence-corrected chi connectivity index (χ4v) is 2.18. The molecule has 0 aliphatic carbocycles. The van der Waals surface area contributed by atoms with Crippen LogP contribution in [0.2, 0.25) is 5.15 Å². The minimum absolute atomic E-state index is 0.149. The molecular weight excluding hydrogens is 278 g/mol. The molecule has 0 aliphatic rings. The number of hydrogen-bond acceptors (Lipinski definition) is 4. The molecule has 0 saturated heterocycles. The van der Waals surface area contributed by atoms with Crippen LogP contribution in [0.3, 0.4) is 0 Å². The van der Waals surface area contributed by atoms with Gasteiger partial charge in [-0.15, -0.1) is 0 Å². The fraction of sp³-hybridized carbons (Fsp3) is 0.385. The molecular formula is C13H16ClN5O. The second kappa shape index (κ2) is 5.58. The minimum Gasteiger partial charge on any atom is -0.343 e. The number of carbonyl (C=O) groups excluding carboxylic acids is 1. The van der Waals surface area contributed by atoms with Gasteiger partial charge >= 0.3 is 0 Å². The summed E-state index contributed by atoms with van der Waals surface area (Å²) in [6.45, 7) is 4.01. The van der Waals surface area contributed by atoms with Gasteiger partial charge in [0, 0.05) is 25.9 Å². The van der Waals surface area contributed by atoms with Gasteiger partial charge in [0.1, 0.15) is 11.5 Å². The van der Waals surface area contributed by atoms with E-state index in [4.69, 9.17) is 11.6 Å². The third-order valence-corrected chi connectivity index (χ3v) is 3.12. The third kappa shape index (κ3) is 2.65. The molecule has 6 nitrogen and oxygen atoms in total. The van der Waals surface area contributed by atoms with Crippen molar-refractivity contribution in [3.63, 3.8) is 0 Å². The molecule has 0 fully saturated rings. The highest BCUT2D eigenvalue weighted by atomic mass is 35.5. The Labute approximate surface area is 122 Å². The Balaban J connectivity index is 2.48. The monoisotopic (exact) mass is 293 g/mol. The summed E-state index contributed by atoms with van der Waals surface area (Å²) < 4.78 is 1.56. The quantitative estimate of drug-likeness (QED) is 0.813. The van der Waals surface area contributed by atoms with E-state index >= 15 is 0 Å². The molecule has 0 spiro atoms. The van der Waals surface area contributed by atoms with Crippen LogP contribution in [0, 0.1) is 0 Å². The Morgan fingerprint density at radius 3 is 2.65 bits per heavy atom. The Morgan fingerprint density at radius 2 is 2.05 bits per heavy atom. The van der Waals surface area contributed by atoms with Crippen molar-refractivity contribution in [3.05, 3.63) is 35.0 Å². The normalized spacial score (nSPS) is 10.9. The molecule has 2 heterocycles. The first-order valence-corrected chi connectivity index (χ1v) is 6.57. The maximum atomic E-state index is 11.9. The summed E-state index contributed by atoms with van der Waals surface area (Å²) in [5.74, 6) is 0.587. The van der Waals surface area contributed by atoms with Gasteiger partial charge in [-0.05, 0) is 12.0 Å². The van der Waals surface area contributed by atoms with Gasteiger partial charge in [0.05, 0.1) is 0 Å². The first kappa shape index (κ1) is 14.5. The Morgan fingerprint density at radius 1 is 1.35 bits per heavy atom. The van der Waals surface area contributed by atoms with E-state index in [-0.39, 0.29) is 11.8 Å². The van der Waals surface area contributed by atoms with Crippen LogP contribution in [0.4, 0.5) is 0 Å². The average molecular weight is 294 g/mol. The second-order valence-corrected chi connectivity index (χ2v) is 5.26. The number of aromatic nitrogens is 4. The number of amides is 1. The number of halogens is 1. The van der Waals surface area contributed by atoms with Crippen molar-refractivity contribution < 1.29 is 4.79 Å². The van der Waals surface area contributed by atoms with Crippen LogP contribution < -0.4 is 0 Å². The molecule has 2 rings (SSSR count). The summed E-state index contributed by atoms with van der Waals surface area (Å²) in [7, 11) is 3.37. The van der Waals surface area contributed by atoms with Crippen LogP contribution in [0.25, 0.3) is 5.82 Å². The second-order valence-electron chi connectivity index (χ2n) is 4.90. The maximum absolute atomic E-state index is 11.9. The van der Waals surface area contributed by atoms with Crippen LogP contribution >= 0.6 is 11.6 Å². The zero-order chi connectivity index (χ0) is 14.9. The minimum atomic E-state index is -0.157. The lowest BCUT2D eigenvalue weighted by molar-refractivity contribution is 0.0821. The molecule has 0 bridgehead atoms. The van der Waals surface area contributed by atoms with Crippen LogP contribution in [0.5, 0.6) is 0 Å². The van der Waals surface area contributed by atoms with Crippen molar-refractivity contribution in [1.29, 1.82) is 0 Å². The lowest BCUT2D eigenvalue weighted by Gasteiger charge is -2.12. The summed E-state index contributed by atoms with van der Waals surface area (Å²) >= 11 is 6.13. The van der Waals surface area contributed by atoms with Crippen molar-refractivity contribution in [2.75, 3.05) is 14.1 Å². The predicted molar refractivity (Wildman–Crippen MR) is 76.3 cm³/mol. The molecule has 0 unspecified atom stereocenters. The predicted octanol–water partition coefficient (Wildman–Crippen LogP) is 2.14. The Hall–Kier alpha value is -1.95. The lowest BCUT2D eigenvalue weighted by atomic mass is 10.1. The van der Waals surface area contributed by atoms with Gasteiger partial charge in [0.15, 0.2) is 11.5 Å². The SMILES string of the molecule is CC(C)c1c(Cl)ncnc1-n1ccc(C(=O)N(C)C)n1. The maximum Gasteiger partial charge on any atom is 0.273 e. The van der Waals surface area contributed by atoms with Crippen LogP contribution in [-0.4, -0.2) is 44.7 Å². The Bertz CT molecular complexity index is 635. The summed E-state index contributed by atoms with van der Waals surface area (Å²) in [5.41, 5.74) is 1.17. The highest BCUT2D eigenvalue weighted by molar-refractivity contribution is 6.30. The number of hydrogen-bond donors (Lipinski definition) is 0. The average Bonchev–Trinajstić information content (AvgIpc) is 2.86. The summed E-state index contributed by atoms with van der Waals surface area (Å²) in [4.78, 5) is 21.6. The molecule has 0 radical (unpaired) electrons. The molecule has 0 aromatic carbocycles. The Kier molecular flexibility index (Phi) is 4.04. The van der Waals surface area contributed by atoms with Crippen molar-refractivity contribution >= 4 is 17.5 Å². The number of rotatable bonds is 3. The molecule has 2 aromatic heterocycles. The van der Waals surface area contributed by atoms with E-state index in [9.17, 15) is 4.79 Å². The van der Waals surface area contributed by atoms with Gasteiger partial charge in [-0.2, -0.15) is 5.10 Å². The molecule has 0 N–H and O–H groups in total. The molecule has 0 saturated carbocycles. The molecule has 7 heteroatoms. The van der Waals surface area contributed by atoms with Gasteiger partial charge in [0.25, 0.3) is 5.91 Å². The van der Waals surface area contributed by atoms with Gasteiger partial charge in [-0.3, -0.25) is 4.79 Å². The molecule has 106 valence electrons. The van der Waals surface area contributed by atoms with Crippen molar-refractivity contribution in [2.45, 2.75) is 19.8 Å². The van der Waals surface area contributed by atoms with Crippen LogP contribution in [-0.2, 0) is 0 Å². The standard InChI is InChI=1S/C13H16ClN5O/c1-8(2)10-11(14)15-7-16-12(10)19-6-5-9(17-19)13(20)18(3)4/h5-8H,1-4H3. The fourth-order valence-electron chi connectivity index (χ4n) is 1.83. The van der Waals surface area contributed by atoms with Crippen molar-refractivity contribution in [1.82, 2.24) is 24.6 Å². The molecule has 0 atom stereocenters. The van der Waals surface area contributed by atoms with Gasteiger partial charge in [-0.25, -0.2) is 14.6 Å². The number of carbonyl (C=O) groups is 1. The van der Waals surface area contributed by atoms with Crippen LogP contribution in [0.15, 0.2) is 18.6 Å². The third-order valence-electron chi connectivity index (χ3n) is 2.82. The zero-order valence-electron chi connectivity index (χ0n) is 11.8.